The number of hydrogen-bond donors (Lipinski definition) is 2. The molecular weight excluding hydrogens is 224 g/mol. The molecule has 90 valence electrons. The van der Waals surface area contributed by atoms with E-state index in [2.05, 4.69) is 15.0 Å². The molecule has 0 atom stereocenters. The summed E-state index contributed by atoms with van der Waals surface area (Å²) in [6.07, 6.45) is 0.848. The summed E-state index contributed by atoms with van der Waals surface area (Å²) in [5.41, 5.74) is -1.12. The van der Waals surface area contributed by atoms with E-state index < -0.39 is 11.2 Å². The highest BCUT2D eigenvalue weighted by Crippen LogP contribution is 2.07. The van der Waals surface area contributed by atoms with Gasteiger partial charge in [-0.2, -0.15) is 4.57 Å². The average Bonchev–Trinajstić information content (AvgIpc) is 2.60. The van der Waals surface area contributed by atoms with Crippen molar-refractivity contribution in [3.8, 4) is 0 Å². The molecule has 0 aliphatic rings. The van der Waals surface area contributed by atoms with Crippen LogP contribution in [0.2, 0.25) is 0 Å². The number of carbonyl (C=O) groups is 1. The van der Waals surface area contributed by atoms with Crippen LogP contribution in [0, 0.1) is 5.92 Å². The highest BCUT2D eigenvalue weighted by atomic mass is 16.2. The highest BCUT2D eigenvalue weighted by molar-refractivity contribution is 5.71. The van der Waals surface area contributed by atoms with E-state index in [1.54, 1.807) is 0 Å². The predicted molar refractivity (Wildman–Crippen MR) is 61.7 cm³/mol. The van der Waals surface area contributed by atoms with Crippen molar-refractivity contribution in [1.29, 1.82) is 0 Å². The van der Waals surface area contributed by atoms with Crippen molar-refractivity contribution in [3.63, 3.8) is 0 Å². The fraction of sp³-hybridized carbons (Fsp3) is 0.400. The van der Waals surface area contributed by atoms with Gasteiger partial charge in [0.15, 0.2) is 5.65 Å². The van der Waals surface area contributed by atoms with Gasteiger partial charge in [-0.25, -0.2) is 9.78 Å². The maximum Gasteiger partial charge on any atom is 0.336 e. The van der Waals surface area contributed by atoms with Crippen molar-refractivity contribution in [1.82, 2.24) is 19.5 Å². The van der Waals surface area contributed by atoms with Crippen LogP contribution in [0.1, 0.15) is 19.7 Å². The van der Waals surface area contributed by atoms with Gasteiger partial charge in [-0.05, 0) is 5.92 Å². The standard InChI is InChI=1S/C10H12N4O3/c1-5(2)3-6-11-7-8(12-6)13-10(17)14(4-15)9(7)16/h4-5H,3H2,1-2H3,(H,11,12)(H,13,17). The van der Waals surface area contributed by atoms with Gasteiger partial charge >= 0.3 is 5.69 Å². The summed E-state index contributed by atoms with van der Waals surface area (Å²) >= 11 is 0. The van der Waals surface area contributed by atoms with E-state index in [-0.39, 0.29) is 17.6 Å². The van der Waals surface area contributed by atoms with Crippen molar-refractivity contribution < 1.29 is 4.79 Å². The van der Waals surface area contributed by atoms with Gasteiger partial charge in [0.1, 0.15) is 11.3 Å². The molecule has 0 fully saturated rings. The Morgan fingerprint density at radius 2 is 2.06 bits per heavy atom. The van der Waals surface area contributed by atoms with E-state index >= 15 is 0 Å². The van der Waals surface area contributed by atoms with E-state index in [9.17, 15) is 14.4 Å². The first-order valence-electron chi connectivity index (χ1n) is 5.21. The molecule has 7 nitrogen and oxygen atoms in total. The second-order valence-corrected chi connectivity index (χ2v) is 4.22. The number of carbonyl (C=O) groups excluding carboxylic acids is 1. The van der Waals surface area contributed by atoms with Crippen molar-refractivity contribution in [2.24, 2.45) is 5.92 Å². The molecule has 0 unspecified atom stereocenters. The number of nitrogens with zero attached hydrogens (tertiary/aromatic N) is 2. The van der Waals surface area contributed by atoms with Crippen molar-refractivity contribution in [2.45, 2.75) is 20.3 Å². The van der Waals surface area contributed by atoms with Crippen LogP contribution in [-0.2, 0) is 11.2 Å². The SMILES string of the molecule is CC(C)Cc1nc2[nH]c(=O)n(C=O)c(=O)c2[nH]1. The zero-order chi connectivity index (χ0) is 12.6. The summed E-state index contributed by atoms with van der Waals surface area (Å²) < 4.78 is 0.472. The molecule has 2 heterocycles. The fourth-order valence-corrected chi connectivity index (χ4v) is 1.62. The Morgan fingerprint density at radius 3 is 2.65 bits per heavy atom. The normalized spacial score (nSPS) is 11.2. The molecule has 0 radical (unpaired) electrons. The summed E-state index contributed by atoms with van der Waals surface area (Å²) in [7, 11) is 0. The largest absolute Gasteiger partial charge is 0.336 e. The molecule has 0 amide bonds. The molecule has 0 aromatic carbocycles. The number of fused-ring (bicyclic) bond motifs is 1. The molecule has 2 aromatic heterocycles. The fourth-order valence-electron chi connectivity index (χ4n) is 1.62. The van der Waals surface area contributed by atoms with Gasteiger partial charge in [0, 0.05) is 6.42 Å². The lowest BCUT2D eigenvalue weighted by Gasteiger charge is -1.98. The minimum absolute atomic E-state index is 0.146. The number of aromatic amines is 2. The molecule has 7 heteroatoms. The van der Waals surface area contributed by atoms with Gasteiger partial charge in [-0.15, -0.1) is 0 Å². The first kappa shape index (κ1) is 11.3. The van der Waals surface area contributed by atoms with Crippen LogP contribution in [0.25, 0.3) is 11.2 Å². The molecule has 17 heavy (non-hydrogen) atoms. The molecule has 0 spiro atoms. The van der Waals surface area contributed by atoms with Crippen molar-refractivity contribution in [3.05, 3.63) is 26.7 Å². The molecule has 0 saturated heterocycles. The Kier molecular flexibility index (Phi) is 2.66. The third kappa shape index (κ3) is 1.91. The zero-order valence-electron chi connectivity index (χ0n) is 9.48. The minimum atomic E-state index is -0.778. The van der Waals surface area contributed by atoms with Crippen LogP contribution in [0.5, 0.6) is 0 Å². The Bertz CT molecular complexity index is 677. The molecule has 0 aliphatic heterocycles. The summed E-state index contributed by atoms with van der Waals surface area (Å²) in [6.45, 7) is 4.03. The topological polar surface area (TPSA) is 101 Å². The van der Waals surface area contributed by atoms with Crippen LogP contribution >= 0.6 is 0 Å². The molecule has 2 rings (SSSR count). The average molecular weight is 236 g/mol. The molecule has 0 saturated carbocycles. The maximum absolute atomic E-state index is 11.7. The van der Waals surface area contributed by atoms with E-state index in [0.29, 0.717) is 22.7 Å². The van der Waals surface area contributed by atoms with Crippen LogP contribution in [0.3, 0.4) is 0 Å². The van der Waals surface area contributed by atoms with Gasteiger partial charge in [0.25, 0.3) is 5.56 Å². The monoisotopic (exact) mass is 236 g/mol. The number of H-pyrrole nitrogens is 2. The van der Waals surface area contributed by atoms with Crippen molar-refractivity contribution >= 4 is 17.6 Å². The number of nitrogens with one attached hydrogen (secondary N) is 2. The number of hydrogen-bond acceptors (Lipinski definition) is 4. The Hall–Kier alpha value is -2.18. The Morgan fingerprint density at radius 1 is 1.35 bits per heavy atom. The number of rotatable bonds is 3. The molecule has 0 aliphatic carbocycles. The van der Waals surface area contributed by atoms with Gasteiger partial charge in [-0.1, -0.05) is 13.8 Å². The second-order valence-electron chi connectivity index (χ2n) is 4.22. The lowest BCUT2D eigenvalue weighted by Crippen LogP contribution is -2.34. The minimum Gasteiger partial charge on any atom is -0.336 e. The first-order valence-corrected chi connectivity index (χ1v) is 5.21. The van der Waals surface area contributed by atoms with E-state index in [1.165, 1.54) is 0 Å². The summed E-state index contributed by atoms with van der Waals surface area (Å²) in [6, 6.07) is 0. The first-order chi connectivity index (χ1) is 8.02. The van der Waals surface area contributed by atoms with E-state index in [0.717, 1.165) is 0 Å². The van der Waals surface area contributed by atoms with Gasteiger partial charge in [0.2, 0.25) is 6.41 Å². The lowest BCUT2D eigenvalue weighted by atomic mass is 10.1. The van der Waals surface area contributed by atoms with Crippen LogP contribution in [0.4, 0.5) is 0 Å². The molecular formula is C10H12N4O3. The van der Waals surface area contributed by atoms with Gasteiger partial charge in [-0.3, -0.25) is 14.6 Å². The summed E-state index contributed by atoms with van der Waals surface area (Å²) in [5, 5.41) is 0. The second kappa shape index (κ2) is 4.00. The van der Waals surface area contributed by atoms with E-state index in [4.69, 9.17) is 0 Å². The van der Waals surface area contributed by atoms with E-state index in [1.807, 2.05) is 13.8 Å². The predicted octanol–water partition coefficient (Wildman–Crippen LogP) is -0.350. The number of aromatic nitrogens is 4. The summed E-state index contributed by atoms with van der Waals surface area (Å²) in [4.78, 5) is 43.0. The molecule has 0 bridgehead atoms. The number of imidazole rings is 1. The smallest absolute Gasteiger partial charge is 0.336 e. The maximum atomic E-state index is 11.7. The summed E-state index contributed by atoms with van der Waals surface area (Å²) in [5.74, 6) is 0.988. The Labute approximate surface area is 95.5 Å². The highest BCUT2D eigenvalue weighted by Gasteiger charge is 2.12. The quantitative estimate of drug-likeness (QED) is 0.711. The third-order valence-electron chi connectivity index (χ3n) is 2.34. The van der Waals surface area contributed by atoms with Crippen LogP contribution < -0.4 is 11.2 Å². The third-order valence-corrected chi connectivity index (χ3v) is 2.34. The zero-order valence-corrected chi connectivity index (χ0v) is 9.48. The van der Waals surface area contributed by atoms with Crippen molar-refractivity contribution in [2.75, 3.05) is 0 Å². The van der Waals surface area contributed by atoms with Gasteiger partial charge < -0.3 is 4.98 Å². The Balaban J connectivity index is 2.70. The molecule has 2 N–H and O–H groups in total. The van der Waals surface area contributed by atoms with Gasteiger partial charge in [0.05, 0.1) is 0 Å². The molecule has 2 aromatic rings. The van der Waals surface area contributed by atoms with Crippen LogP contribution in [-0.4, -0.2) is 25.9 Å². The lowest BCUT2D eigenvalue weighted by molar-refractivity contribution is 0.543. The van der Waals surface area contributed by atoms with Crippen LogP contribution in [0.15, 0.2) is 9.59 Å².